The molecule has 2 nitrogen and oxygen atoms in total. The van der Waals surface area contributed by atoms with Gasteiger partial charge in [0, 0.05) is 6.54 Å². The van der Waals surface area contributed by atoms with Crippen LogP contribution in [0.1, 0.15) is 39.0 Å². The van der Waals surface area contributed by atoms with E-state index >= 15 is 0 Å². The topological polar surface area (TPSA) is 29.3 Å². The Morgan fingerprint density at radius 1 is 1.33 bits per heavy atom. The van der Waals surface area contributed by atoms with E-state index < -0.39 is 0 Å². The minimum atomic E-state index is 0.824. The second-order valence-corrected chi connectivity index (χ2v) is 4.74. The van der Waals surface area contributed by atoms with Gasteiger partial charge in [0.05, 0.1) is 0 Å². The van der Waals surface area contributed by atoms with E-state index in [9.17, 15) is 0 Å². The molecule has 0 aromatic carbocycles. The quantitative estimate of drug-likeness (QED) is 0.725. The van der Waals surface area contributed by atoms with Crippen molar-refractivity contribution in [1.29, 1.82) is 0 Å². The normalized spacial score (nSPS) is 27.5. The highest BCUT2D eigenvalue weighted by molar-refractivity contribution is 4.83. The lowest BCUT2D eigenvalue weighted by Crippen LogP contribution is -2.32. The van der Waals surface area contributed by atoms with E-state index in [0.29, 0.717) is 0 Å². The molecular weight excluding hydrogens is 184 g/mol. The third-order valence-electron chi connectivity index (χ3n) is 3.09. The van der Waals surface area contributed by atoms with E-state index in [4.69, 9.17) is 5.73 Å². The van der Waals surface area contributed by atoms with Crippen LogP contribution in [0, 0.1) is 5.92 Å². The molecule has 1 aliphatic rings. The summed E-state index contributed by atoms with van der Waals surface area (Å²) in [7, 11) is 0. The van der Waals surface area contributed by atoms with Gasteiger partial charge in [-0.2, -0.15) is 0 Å². The van der Waals surface area contributed by atoms with Crippen LogP contribution in [0.4, 0.5) is 0 Å². The summed E-state index contributed by atoms with van der Waals surface area (Å²) in [5.41, 5.74) is 5.57. The van der Waals surface area contributed by atoms with Gasteiger partial charge in [0.1, 0.15) is 0 Å². The molecule has 0 aromatic heterocycles. The third kappa shape index (κ3) is 5.95. The van der Waals surface area contributed by atoms with Gasteiger partial charge >= 0.3 is 0 Å². The highest BCUT2D eigenvalue weighted by atomic mass is 15.1. The molecule has 1 rings (SSSR count). The fourth-order valence-corrected chi connectivity index (χ4v) is 2.19. The minimum absolute atomic E-state index is 0.824. The number of hydrogen-bond acceptors (Lipinski definition) is 2. The molecule has 1 aliphatic heterocycles. The smallest absolute Gasteiger partial charge is 0.000714 e. The van der Waals surface area contributed by atoms with Crippen molar-refractivity contribution in [3.8, 4) is 0 Å². The maximum absolute atomic E-state index is 5.57. The molecule has 88 valence electrons. The van der Waals surface area contributed by atoms with Crippen LogP contribution in [-0.4, -0.2) is 31.1 Å². The van der Waals surface area contributed by atoms with E-state index in [2.05, 4.69) is 24.0 Å². The van der Waals surface area contributed by atoms with E-state index in [-0.39, 0.29) is 0 Å². The first-order chi connectivity index (χ1) is 7.33. The number of allylic oxidation sites excluding steroid dienone is 2. The number of hydrogen-bond donors (Lipinski definition) is 1. The lowest BCUT2D eigenvalue weighted by atomic mass is 10.0. The van der Waals surface area contributed by atoms with E-state index in [1.165, 1.54) is 45.3 Å². The van der Waals surface area contributed by atoms with Crippen molar-refractivity contribution in [2.45, 2.75) is 39.0 Å². The highest BCUT2D eigenvalue weighted by Crippen LogP contribution is 2.12. The maximum atomic E-state index is 5.57. The van der Waals surface area contributed by atoms with Crippen LogP contribution in [0.2, 0.25) is 0 Å². The van der Waals surface area contributed by atoms with Crippen molar-refractivity contribution in [3.05, 3.63) is 12.2 Å². The van der Waals surface area contributed by atoms with Crippen LogP contribution in [-0.2, 0) is 0 Å². The van der Waals surface area contributed by atoms with Crippen LogP contribution in [0.15, 0.2) is 12.2 Å². The van der Waals surface area contributed by atoms with Gasteiger partial charge in [0.25, 0.3) is 0 Å². The van der Waals surface area contributed by atoms with Crippen LogP contribution in [0.5, 0.6) is 0 Å². The molecule has 0 fully saturated rings. The van der Waals surface area contributed by atoms with E-state index in [1.807, 2.05) is 0 Å². The van der Waals surface area contributed by atoms with Crippen molar-refractivity contribution in [1.82, 2.24) is 4.90 Å². The monoisotopic (exact) mass is 210 g/mol. The zero-order valence-electron chi connectivity index (χ0n) is 10.1. The van der Waals surface area contributed by atoms with Crippen molar-refractivity contribution in [2.75, 3.05) is 26.2 Å². The van der Waals surface area contributed by atoms with Crippen LogP contribution in [0.25, 0.3) is 0 Å². The first-order valence-corrected chi connectivity index (χ1v) is 6.40. The Bertz CT molecular complexity index is 177. The molecule has 0 amide bonds. The van der Waals surface area contributed by atoms with Crippen LogP contribution < -0.4 is 5.73 Å². The minimum Gasteiger partial charge on any atom is -0.330 e. The summed E-state index contributed by atoms with van der Waals surface area (Å²) in [6.45, 7) is 6.88. The number of nitrogens with two attached hydrogens (primary N) is 1. The molecule has 0 unspecified atom stereocenters. The van der Waals surface area contributed by atoms with Crippen LogP contribution in [0.3, 0.4) is 0 Å². The molecule has 0 saturated heterocycles. The zero-order valence-corrected chi connectivity index (χ0v) is 10.1. The van der Waals surface area contributed by atoms with Gasteiger partial charge in [0.15, 0.2) is 0 Å². The Kier molecular flexibility index (Phi) is 6.69. The van der Waals surface area contributed by atoms with Crippen LogP contribution >= 0.6 is 0 Å². The summed E-state index contributed by atoms with van der Waals surface area (Å²) in [6, 6.07) is 0. The van der Waals surface area contributed by atoms with Gasteiger partial charge in [-0.1, -0.05) is 19.1 Å². The maximum Gasteiger partial charge on any atom is 0.000714 e. The van der Waals surface area contributed by atoms with Gasteiger partial charge in [-0.15, -0.1) is 0 Å². The Morgan fingerprint density at radius 3 is 2.93 bits per heavy atom. The summed E-state index contributed by atoms with van der Waals surface area (Å²) in [4.78, 5) is 2.59. The number of nitrogens with zero attached hydrogens (tertiary/aromatic N) is 1. The fraction of sp³-hybridized carbons (Fsp3) is 0.846. The van der Waals surface area contributed by atoms with Gasteiger partial charge in [-0.3, -0.25) is 0 Å². The first-order valence-electron chi connectivity index (χ1n) is 6.40. The molecular formula is C13H26N2. The average molecular weight is 210 g/mol. The zero-order chi connectivity index (χ0) is 10.9. The number of rotatable bonds is 3. The van der Waals surface area contributed by atoms with Crippen molar-refractivity contribution < 1.29 is 0 Å². The van der Waals surface area contributed by atoms with Crippen molar-refractivity contribution >= 4 is 0 Å². The van der Waals surface area contributed by atoms with Crippen molar-refractivity contribution in [2.24, 2.45) is 11.7 Å². The Morgan fingerprint density at radius 2 is 2.13 bits per heavy atom. The third-order valence-corrected chi connectivity index (χ3v) is 3.09. The summed E-state index contributed by atoms with van der Waals surface area (Å²) >= 11 is 0. The summed E-state index contributed by atoms with van der Waals surface area (Å²) < 4.78 is 0. The Hall–Kier alpha value is -0.340. The molecule has 15 heavy (non-hydrogen) atoms. The Balaban J connectivity index is 2.35. The highest BCUT2D eigenvalue weighted by Gasteiger charge is 2.09. The van der Waals surface area contributed by atoms with Gasteiger partial charge in [-0.25, -0.2) is 0 Å². The predicted molar refractivity (Wildman–Crippen MR) is 66.9 cm³/mol. The summed E-state index contributed by atoms with van der Waals surface area (Å²) in [6.07, 6.45) is 11.0. The lowest BCUT2D eigenvalue weighted by Gasteiger charge is -2.26. The largest absolute Gasteiger partial charge is 0.330 e. The molecule has 0 aromatic rings. The molecule has 2 heteroatoms. The molecule has 2 N–H and O–H groups in total. The molecule has 1 heterocycles. The molecule has 0 bridgehead atoms. The standard InChI is InChI=1S/C13H26N2/c1-13-8-5-3-2-4-6-10-15(12-13)11-7-9-14/h2-3,13H,4-12,14H2,1H3/b3-2-/t13-/m0/s1. The second kappa shape index (κ2) is 7.89. The summed E-state index contributed by atoms with van der Waals surface area (Å²) in [5.74, 6) is 0.825. The predicted octanol–water partition coefficient (Wildman–Crippen LogP) is 2.40. The summed E-state index contributed by atoms with van der Waals surface area (Å²) in [5, 5.41) is 0. The molecule has 0 saturated carbocycles. The van der Waals surface area contributed by atoms with Gasteiger partial charge < -0.3 is 10.6 Å². The Labute approximate surface area is 94.5 Å². The van der Waals surface area contributed by atoms with Crippen molar-refractivity contribution in [3.63, 3.8) is 0 Å². The SMILES string of the molecule is C[C@H]1CC/C=C\CCCN(CCCN)C1. The van der Waals surface area contributed by atoms with Gasteiger partial charge in [0.2, 0.25) is 0 Å². The lowest BCUT2D eigenvalue weighted by molar-refractivity contribution is 0.228. The van der Waals surface area contributed by atoms with Gasteiger partial charge in [-0.05, 0) is 57.7 Å². The molecule has 0 radical (unpaired) electrons. The van der Waals surface area contributed by atoms with E-state index in [0.717, 1.165) is 18.9 Å². The second-order valence-electron chi connectivity index (χ2n) is 4.74. The fourth-order valence-electron chi connectivity index (χ4n) is 2.19. The molecule has 1 atom stereocenters. The molecule has 0 aliphatic carbocycles. The average Bonchev–Trinajstić information content (AvgIpc) is 2.24. The molecule has 0 spiro atoms. The van der Waals surface area contributed by atoms with E-state index in [1.54, 1.807) is 0 Å². The first kappa shape index (κ1) is 12.7.